The van der Waals surface area contributed by atoms with Gasteiger partial charge in [-0.2, -0.15) is 9.65 Å². The van der Waals surface area contributed by atoms with Gasteiger partial charge in [0.2, 0.25) is 0 Å². The number of anilines is 1. The third-order valence-electron chi connectivity index (χ3n) is 7.06. The largest absolute Gasteiger partial charge is 0.442 e. The fourth-order valence-electron chi connectivity index (χ4n) is 5.43. The number of cyclic esters (lactones) is 1. The molecule has 2 aliphatic heterocycles. The molecule has 1 amide bonds. The normalized spacial score (nSPS) is 27.4. The van der Waals surface area contributed by atoms with Gasteiger partial charge in [0, 0.05) is 48.4 Å². The van der Waals surface area contributed by atoms with E-state index in [1.165, 1.54) is 15.6 Å². The van der Waals surface area contributed by atoms with Crippen molar-refractivity contribution in [1.29, 1.82) is 5.26 Å². The lowest BCUT2D eigenvalue weighted by atomic mass is 9.86. The van der Waals surface area contributed by atoms with Crippen molar-refractivity contribution in [3.8, 4) is 17.2 Å². The number of piperidine rings is 1. The number of carbonyl (C=O) groups is 1. The number of aromatic nitrogens is 4. The maximum Gasteiger partial charge on any atom is 0.414 e. The molecular formula is C23H19F2N7O2. The summed E-state index contributed by atoms with van der Waals surface area (Å²) in [6.45, 7) is 1.82. The number of benzene rings is 1. The molecule has 34 heavy (non-hydrogen) atoms. The van der Waals surface area contributed by atoms with E-state index in [4.69, 9.17) is 4.74 Å². The lowest BCUT2D eigenvalue weighted by molar-refractivity contribution is 0.129. The van der Waals surface area contributed by atoms with Crippen molar-refractivity contribution in [2.75, 3.05) is 24.5 Å². The summed E-state index contributed by atoms with van der Waals surface area (Å²) in [4.78, 5) is 17.9. The SMILES string of the molecule is N#CC1(c2ccncc2-c2ccc(N3C[C@H](Cn4cc(F)nn4)OC3=O)cc2F)C2CNC[C@@H]21. The van der Waals surface area contributed by atoms with E-state index in [2.05, 4.69) is 26.7 Å². The van der Waals surface area contributed by atoms with Crippen molar-refractivity contribution < 1.29 is 18.3 Å². The molecule has 0 spiro atoms. The molecule has 3 aliphatic rings. The van der Waals surface area contributed by atoms with Crippen molar-refractivity contribution in [3.05, 3.63) is 60.2 Å². The van der Waals surface area contributed by atoms with Crippen LogP contribution < -0.4 is 10.2 Å². The monoisotopic (exact) mass is 463 g/mol. The van der Waals surface area contributed by atoms with Gasteiger partial charge >= 0.3 is 6.09 Å². The first kappa shape index (κ1) is 20.7. The lowest BCUT2D eigenvalue weighted by Crippen LogP contribution is -2.26. The van der Waals surface area contributed by atoms with E-state index in [0.717, 1.165) is 24.8 Å². The number of carbonyl (C=O) groups excluding carboxylic acids is 1. The molecule has 6 rings (SSSR count). The van der Waals surface area contributed by atoms with Gasteiger partial charge in [-0.25, -0.2) is 13.9 Å². The Morgan fingerprint density at radius 1 is 1.24 bits per heavy atom. The summed E-state index contributed by atoms with van der Waals surface area (Å²) in [5.74, 6) is -0.845. The number of nitrogens with one attached hydrogen (secondary N) is 1. The summed E-state index contributed by atoms with van der Waals surface area (Å²) in [6.07, 6.45) is 3.12. The number of rotatable bonds is 5. The van der Waals surface area contributed by atoms with E-state index in [9.17, 15) is 14.4 Å². The second-order valence-electron chi connectivity index (χ2n) is 8.82. The summed E-state index contributed by atoms with van der Waals surface area (Å²) in [5.41, 5.74) is 1.39. The average Bonchev–Trinajstić information content (AvgIpc) is 3.29. The Labute approximate surface area is 193 Å². The zero-order valence-corrected chi connectivity index (χ0v) is 17.9. The van der Waals surface area contributed by atoms with Crippen molar-refractivity contribution in [1.82, 2.24) is 25.3 Å². The number of fused-ring (bicyclic) bond motifs is 1. The van der Waals surface area contributed by atoms with Gasteiger partial charge < -0.3 is 10.1 Å². The molecular weight excluding hydrogens is 444 g/mol. The third kappa shape index (κ3) is 3.06. The van der Waals surface area contributed by atoms with Crippen LogP contribution in [-0.4, -0.2) is 51.8 Å². The minimum atomic E-state index is -0.724. The van der Waals surface area contributed by atoms with E-state index in [-0.39, 0.29) is 24.9 Å². The standard InChI is InChI=1S/C23H19F2N7O2/c24-20-5-13(32-10-14(34-22(32)33)9-31-11-21(25)29-30-31)1-2-15(20)16-6-27-4-3-17(16)23(12-26)18-7-28-8-19(18)23/h1-6,11,14,18-19,28H,7-10H2/t14-,18-,19?,23?/m0/s1. The predicted octanol–water partition coefficient (Wildman–Crippen LogP) is 2.25. The van der Waals surface area contributed by atoms with Crippen molar-refractivity contribution in [2.24, 2.45) is 11.8 Å². The van der Waals surface area contributed by atoms with Gasteiger partial charge in [0.15, 0.2) is 0 Å². The molecule has 1 saturated carbocycles. The molecule has 2 aromatic heterocycles. The van der Waals surface area contributed by atoms with E-state index in [1.807, 2.05) is 0 Å². The topological polar surface area (TPSA) is 109 Å². The van der Waals surface area contributed by atoms with E-state index >= 15 is 4.39 Å². The van der Waals surface area contributed by atoms with Crippen LogP contribution in [0.1, 0.15) is 5.56 Å². The number of pyridine rings is 1. The summed E-state index contributed by atoms with van der Waals surface area (Å²) >= 11 is 0. The Bertz CT molecular complexity index is 1330. The Morgan fingerprint density at radius 2 is 2.06 bits per heavy atom. The van der Waals surface area contributed by atoms with Gasteiger partial charge in [-0.1, -0.05) is 10.3 Å². The number of nitriles is 1. The van der Waals surface area contributed by atoms with Crippen LogP contribution in [0.5, 0.6) is 0 Å². The van der Waals surface area contributed by atoms with Crippen LogP contribution in [0.2, 0.25) is 0 Å². The van der Waals surface area contributed by atoms with Gasteiger partial charge in [-0.05, 0) is 29.8 Å². The number of amides is 1. The second kappa shape index (κ2) is 7.56. The number of halogens is 2. The third-order valence-corrected chi connectivity index (χ3v) is 7.06. The van der Waals surface area contributed by atoms with E-state index < -0.39 is 29.4 Å². The van der Waals surface area contributed by atoms with Crippen LogP contribution in [0.3, 0.4) is 0 Å². The molecule has 4 atom stereocenters. The Kier molecular flexibility index (Phi) is 4.60. The van der Waals surface area contributed by atoms with Crippen LogP contribution in [0, 0.1) is 34.9 Å². The van der Waals surface area contributed by atoms with Gasteiger partial charge in [0.1, 0.15) is 11.9 Å². The van der Waals surface area contributed by atoms with E-state index in [1.54, 1.807) is 30.6 Å². The van der Waals surface area contributed by atoms with Crippen molar-refractivity contribution in [2.45, 2.75) is 18.1 Å². The zero-order valence-electron chi connectivity index (χ0n) is 17.9. The predicted molar refractivity (Wildman–Crippen MR) is 114 cm³/mol. The van der Waals surface area contributed by atoms with Crippen LogP contribution in [0.4, 0.5) is 19.3 Å². The number of nitrogens with zero attached hydrogens (tertiary/aromatic N) is 6. The molecule has 4 heterocycles. The average molecular weight is 463 g/mol. The lowest BCUT2D eigenvalue weighted by Gasteiger charge is -2.19. The first-order chi connectivity index (χ1) is 16.5. The Morgan fingerprint density at radius 3 is 2.76 bits per heavy atom. The Hall–Kier alpha value is -3.91. The van der Waals surface area contributed by atoms with Gasteiger partial charge in [0.05, 0.1) is 36.5 Å². The summed E-state index contributed by atoms with van der Waals surface area (Å²) in [7, 11) is 0. The van der Waals surface area contributed by atoms with Gasteiger partial charge in [-0.3, -0.25) is 9.88 Å². The molecule has 0 bridgehead atoms. The second-order valence-corrected chi connectivity index (χ2v) is 8.82. The van der Waals surface area contributed by atoms with E-state index in [0.29, 0.717) is 16.8 Å². The highest BCUT2D eigenvalue weighted by Gasteiger charge is 2.68. The molecule has 2 unspecified atom stereocenters. The quantitative estimate of drug-likeness (QED) is 0.618. The van der Waals surface area contributed by atoms with Crippen LogP contribution in [-0.2, 0) is 16.7 Å². The molecule has 0 radical (unpaired) electrons. The summed E-state index contributed by atoms with van der Waals surface area (Å²) < 4.78 is 35.0. The summed E-state index contributed by atoms with van der Waals surface area (Å²) in [5, 5.41) is 20.2. The zero-order chi connectivity index (χ0) is 23.4. The highest BCUT2D eigenvalue weighted by Crippen LogP contribution is 2.62. The number of ether oxygens (including phenoxy) is 1. The van der Waals surface area contributed by atoms with Crippen LogP contribution in [0.15, 0.2) is 42.9 Å². The number of hydrogen-bond acceptors (Lipinski definition) is 7. The van der Waals surface area contributed by atoms with Gasteiger partial charge in [-0.15, -0.1) is 0 Å². The smallest absolute Gasteiger partial charge is 0.414 e. The molecule has 9 nitrogen and oxygen atoms in total. The fourth-order valence-corrected chi connectivity index (χ4v) is 5.43. The highest BCUT2D eigenvalue weighted by atomic mass is 19.1. The first-order valence-electron chi connectivity index (χ1n) is 10.9. The molecule has 2 saturated heterocycles. The molecule has 3 aromatic rings. The molecule has 11 heteroatoms. The molecule has 172 valence electrons. The van der Waals surface area contributed by atoms with Crippen molar-refractivity contribution in [3.63, 3.8) is 0 Å². The van der Waals surface area contributed by atoms with Crippen LogP contribution in [0.25, 0.3) is 11.1 Å². The van der Waals surface area contributed by atoms with Gasteiger partial charge in [0.25, 0.3) is 5.95 Å². The highest BCUT2D eigenvalue weighted by molar-refractivity contribution is 5.90. The fraction of sp³-hybridized carbons (Fsp3) is 0.348. The molecule has 3 fully saturated rings. The minimum Gasteiger partial charge on any atom is -0.442 e. The Balaban J connectivity index is 1.27. The number of hydrogen-bond donors (Lipinski definition) is 1. The molecule has 1 aliphatic carbocycles. The van der Waals surface area contributed by atoms with Crippen LogP contribution >= 0.6 is 0 Å². The molecule has 1 N–H and O–H groups in total. The maximum atomic E-state index is 15.4. The minimum absolute atomic E-state index is 0.131. The molecule has 1 aromatic carbocycles. The summed E-state index contributed by atoms with van der Waals surface area (Å²) in [6, 6.07) is 8.81. The maximum absolute atomic E-state index is 15.4. The van der Waals surface area contributed by atoms with Crippen molar-refractivity contribution >= 4 is 11.8 Å². The first-order valence-corrected chi connectivity index (χ1v) is 10.9.